The van der Waals surface area contributed by atoms with Crippen molar-refractivity contribution in [1.29, 1.82) is 0 Å². The molecule has 1 N–H and O–H groups in total. The van der Waals surface area contributed by atoms with Crippen LogP contribution in [0.1, 0.15) is 35.4 Å². The minimum Gasteiger partial charge on any atom is -0.497 e. The zero-order valence-corrected chi connectivity index (χ0v) is 26.8. The lowest BCUT2D eigenvalue weighted by Crippen LogP contribution is -2.54. The number of hydrogen-bond donors (Lipinski definition) is 1. The average molecular weight is 610 g/mol. The highest BCUT2D eigenvalue weighted by Gasteiger charge is 2.47. The highest BCUT2D eigenvalue weighted by molar-refractivity contribution is 6.91. The van der Waals surface area contributed by atoms with Crippen molar-refractivity contribution >= 4 is 30.5 Å². The largest absolute Gasteiger partial charge is 0.497 e. The maximum atomic E-state index is 14.0. The molecule has 0 aromatic heterocycles. The Hall–Kier alpha value is -4.11. The van der Waals surface area contributed by atoms with Crippen LogP contribution < -0.4 is 24.3 Å². The van der Waals surface area contributed by atoms with Crippen molar-refractivity contribution in [3.8, 4) is 23.0 Å². The van der Waals surface area contributed by atoms with Crippen LogP contribution in [0, 0.1) is 5.92 Å². The van der Waals surface area contributed by atoms with Gasteiger partial charge in [-0.25, -0.2) is 0 Å². The van der Waals surface area contributed by atoms with Gasteiger partial charge in [-0.05, 0) is 66.6 Å². The van der Waals surface area contributed by atoms with E-state index in [1.54, 1.807) is 25.2 Å². The minimum absolute atomic E-state index is 0.0134. The molecule has 7 nitrogen and oxygen atoms in total. The third-order valence-corrected chi connectivity index (χ3v) is 13.6. The molecule has 2 heterocycles. The molecule has 0 spiro atoms. The number of aliphatic hydroxyl groups is 1. The van der Waals surface area contributed by atoms with Crippen LogP contribution >= 0.6 is 0 Å². The van der Waals surface area contributed by atoms with Gasteiger partial charge in [-0.1, -0.05) is 61.6 Å². The number of anilines is 2. The Morgan fingerprint density at radius 1 is 0.909 bits per heavy atom. The second-order valence-corrected chi connectivity index (χ2v) is 16.9. The molecule has 8 heteroatoms. The average Bonchev–Trinajstić information content (AvgIpc) is 3.17. The van der Waals surface area contributed by atoms with Crippen molar-refractivity contribution in [3.63, 3.8) is 0 Å². The van der Waals surface area contributed by atoms with Crippen molar-refractivity contribution in [2.24, 2.45) is 5.92 Å². The summed E-state index contributed by atoms with van der Waals surface area (Å²) in [6.07, 6.45) is 0.184. The molecule has 2 aliphatic rings. The molecule has 228 valence electrons. The molecule has 0 radical (unpaired) electrons. The van der Waals surface area contributed by atoms with Crippen molar-refractivity contribution in [2.75, 3.05) is 25.7 Å². The fourth-order valence-corrected chi connectivity index (χ4v) is 10.4. The van der Waals surface area contributed by atoms with E-state index in [1.165, 1.54) is 5.19 Å². The van der Waals surface area contributed by atoms with Gasteiger partial charge in [-0.15, -0.1) is 0 Å². The second kappa shape index (κ2) is 12.1. The molecule has 44 heavy (non-hydrogen) atoms. The number of benzene rings is 4. The molecule has 4 atom stereocenters. The summed E-state index contributed by atoms with van der Waals surface area (Å²) in [5.74, 6) is 2.51. The van der Waals surface area contributed by atoms with Gasteiger partial charge in [0.15, 0.2) is 5.75 Å². The van der Waals surface area contributed by atoms with Gasteiger partial charge in [0.1, 0.15) is 23.4 Å². The van der Waals surface area contributed by atoms with Crippen molar-refractivity contribution in [2.45, 2.75) is 44.2 Å². The minimum atomic E-state index is -2.15. The molecule has 0 aliphatic carbocycles. The summed E-state index contributed by atoms with van der Waals surface area (Å²) in [5.41, 5.74) is 2.88. The van der Waals surface area contributed by atoms with Crippen molar-refractivity contribution < 1.29 is 28.8 Å². The zero-order chi connectivity index (χ0) is 31.0. The van der Waals surface area contributed by atoms with E-state index in [9.17, 15) is 9.90 Å². The van der Waals surface area contributed by atoms with E-state index in [1.807, 2.05) is 72.8 Å². The third-order valence-electron chi connectivity index (χ3n) is 9.32. The number of fused-ring (bicyclic) bond motifs is 3. The molecule has 0 saturated carbocycles. The van der Waals surface area contributed by atoms with Crippen LogP contribution in [0.2, 0.25) is 18.6 Å². The summed E-state index contributed by atoms with van der Waals surface area (Å²) in [5, 5.41) is 11.5. The van der Waals surface area contributed by atoms with Gasteiger partial charge in [0, 0.05) is 25.2 Å². The Morgan fingerprint density at radius 2 is 1.61 bits per heavy atom. The Labute approximate surface area is 260 Å². The molecule has 4 aromatic rings. The van der Waals surface area contributed by atoms with Crippen LogP contribution in [0.5, 0.6) is 23.0 Å². The SMILES string of the molecule is COc1ccc([Si](C)(C)C(CCO)[C@@H]2Oc3ccc(N4C(=O)c5ccccc5Oc5ccccc54)cc3[C@H](OC)[C@H]2C)cc1. The number of nitrogens with zero attached hydrogens (tertiary/aromatic N) is 1. The molecule has 0 bridgehead atoms. The zero-order valence-electron chi connectivity index (χ0n) is 25.8. The quantitative estimate of drug-likeness (QED) is 0.212. The van der Waals surface area contributed by atoms with E-state index in [-0.39, 0.29) is 36.2 Å². The van der Waals surface area contributed by atoms with Crippen molar-refractivity contribution in [3.05, 3.63) is 102 Å². The van der Waals surface area contributed by atoms with Gasteiger partial charge in [0.05, 0.1) is 38.2 Å². The van der Waals surface area contributed by atoms with Gasteiger partial charge in [0.25, 0.3) is 5.91 Å². The Bertz CT molecular complexity index is 1650. The van der Waals surface area contributed by atoms with Gasteiger partial charge in [-0.3, -0.25) is 9.69 Å². The Morgan fingerprint density at radius 3 is 2.32 bits per heavy atom. The van der Waals surface area contributed by atoms with Crippen LogP contribution in [0.25, 0.3) is 0 Å². The number of ether oxygens (including phenoxy) is 4. The molecular formula is C36H39NO6Si. The first kappa shape index (κ1) is 29.9. The van der Waals surface area contributed by atoms with Crippen LogP contribution in [0.3, 0.4) is 0 Å². The molecule has 1 unspecified atom stereocenters. The van der Waals surface area contributed by atoms with Crippen molar-refractivity contribution in [1.82, 2.24) is 0 Å². The molecule has 6 rings (SSSR count). The number of methoxy groups -OCH3 is 2. The topological polar surface area (TPSA) is 77.5 Å². The summed E-state index contributed by atoms with van der Waals surface area (Å²) in [7, 11) is 1.25. The van der Waals surface area contributed by atoms with Gasteiger partial charge in [-0.2, -0.15) is 0 Å². The molecule has 0 saturated heterocycles. The smallest absolute Gasteiger partial charge is 0.266 e. The standard InChI is InChI=1S/C36H39NO6Si/c1-23-34(41-3)28-22-24(37-29-11-7-9-13-32(29)42-30-12-8-6-10-27(30)36(37)39)14-19-31(28)43-35(23)33(20-21-38)44(4,5)26-17-15-25(40-2)16-18-26/h6-19,22-23,33-35,38H,20-21H2,1-5H3/t23-,33?,34-,35-/m1/s1. The number of rotatable bonds is 8. The molecule has 4 aromatic carbocycles. The first-order valence-corrected chi connectivity index (χ1v) is 18.1. The van der Waals surface area contributed by atoms with Gasteiger partial charge >= 0.3 is 0 Å². The van der Waals surface area contributed by atoms with Crippen LogP contribution in [0.4, 0.5) is 11.4 Å². The maximum Gasteiger partial charge on any atom is 0.266 e. The molecule has 1 amide bonds. The summed E-state index contributed by atoms with van der Waals surface area (Å²) < 4.78 is 24.6. The van der Waals surface area contributed by atoms with E-state index in [2.05, 4.69) is 32.2 Å². The number of hydrogen-bond acceptors (Lipinski definition) is 6. The Balaban J connectivity index is 1.39. The highest BCUT2D eigenvalue weighted by atomic mass is 28.3. The Kier molecular flexibility index (Phi) is 8.24. The van der Waals surface area contributed by atoms with E-state index in [0.29, 0.717) is 34.9 Å². The third kappa shape index (κ3) is 5.17. The maximum absolute atomic E-state index is 14.0. The normalized spacial score (nSPS) is 19.9. The van der Waals surface area contributed by atoms with Gasteiger partial charge in [0.2, 0.25) is 0 Å². The van der Waals surface area contributed by atoms with E-state index < -0.39 is 8.07 Å². The lowest BCUT2D eigenvalue weighted by Gasteiger charge is -2.46. The molecular weight excluding hydrogens is 570 g/mol. The van der Waals surface area contributed by atoms with Crippen LogP contribution in [-0.2, 0) is 4.74 Å². The number of para-hydroxylation sites is 3. The second-order valence-electron chi connectivity index (χ2n) is 12.1. The molecule has 2 aliphatic heterocycles. The number of aliphatic hydroxyl groups excluding tert-OH is 1. The van der Waals surface area contributed by atoms with E-state index in [0.717, 1.165) is 17.1 Å². The predicted octanol–water partition coefficient (Wildman–Crippen LogP) is 7.23. The lowest BCUT2D eigenvalue weighted by molar-refractivity contribution is -0.0241. The summed E-state index contributed by atoms with van der Waals surface area (Å²) in [4.78, 5) is 15.7. The number of amides is 1. The summed E-state index contributed by atoms with van der Waals surface area (Å²) in [6, 6.07) is 29.1. The van der Waals surface area contributed by atoms with Crippen LogP contribution in [0.15, 0.2) is 91.0 Å². The monoisotopic (exact) mass is 609 g/mol. The van der Waals surface area contributed by atoms with E-state index >= 15 is 0 Å². The van der Waals surface area contributed by atoms with E-state index in [4.69, 9.17) is 18.9 Å². The summed E-state index contributed by atoms with van der Waals surface area (Å²) >= 11 is 0. The summed E-state index contributed by atoms with van der Waals surface area (Å²) in [6.45, 7) is 6.92. The fourth-order valence-electron chi connectivity index (χ4n) is 6.88. The fraction of sp³-hybridized carbons (Fsp3) is 0.306. The predicted molar refractivity (Wildman–Crippen MR) is 175 cm³/mol. The lowest BCUT2D eigenvalue weighted by atomic mass is 9.86. The van der Waals surface area contributed by atoms with Gasteiger partial charge < -0.3 is 24.1 Å². The number of carbonyl (C=O) groups excluding carboxylic acids is 1. The first-order chi connectivity index (χ1) is 21.3. The highest BCUT2D eigenvalue weighted by Crippen LogP contribution is 2.49. The first-order valence-electron chi connectivity index (χ1n) is 15.1. The molecule has 0 fully saturated rings. The van der Waals surface area contributed by atoms with Crippen LogP contribution in [-0.4, -0.2) is 46.0 Å². The number of carbonyl (C=O) groups is 1.